The molecular formula is C26H23N2O6S-. The van der Waals surface area contributed by atoms with E-state index in [0.717, 1.165) is 18.6 Å². The maximum absolute atomic E-state index is 13.0. The maximum atomic E-state index is 13.0. The number of rotatable bonds is 8. The van der Waals surface area contributed by atoms with Crippen molar-refractivity contribution < 1.29 is 22.4 Å². The van der Waals surface area contributed by atoms with Crippen molar-refractivity contribution in [2.75, 3.05) is 13.7 Å². The molecule has 9 heteroatoms. The molecule has 4 rings (SSSR count). The smallest absolute Gasteiger partial charge is 0.279 e. The third-order valence-electron chi connectivity index (χ3n) is 5.38. The summed E-state index contributed by atoms with van der Waals surface area (Å²) < 4.78 is 46.0. The van der Waals surface area contributed by atoms with Gasteiger partial charge in [0.25, 0.3) is 5.56 Å². The van der Waals surface area contributed by atoms with Crippen molar-refractivity contribution in [1.82, 2.24) is 9.78 Å². The van der Waals surface area contributed by atoms with E-state index < -0.39 is 10.1 Å². The highest BCUT2D eigenvalue weighted by atomic mass is 32.2. The normalized spacial score (nSPS) is 12.0. The molecule has 35 heavy (non-hydrogen) atoms. The standard InChI is InChI=1S/C26H24N2O6S/c1-18-23(26(29)28(27-18)21-9-11-22(12-10-21)35(30,31)32)16-20-8-13-24(25(17-20)33-2)34-15-14-19-6-4-3-5-7-19/h3-13,16-17,27H,1,14-15H2,2H3,(H,30,31,32)/p-1/b23-16-. The van der Waals surface area contributed by atoms with Crippen LogP contribution in [0.1, 0.15) is 11.1 Å². The lowest BCUT2D eigenvalue weighted by Gasteiger charge is -2.11. The molecule has 4 aromatic rings. The Bertz CT molecular complexity index is 1610. The number of methoxy groups -OCH3 is 1. The third-order valence-corrected chi connectivity index (χ3v) is 6.23. The van der Waals surface area contributed by atoms with Gasteiger partial charge in [0.1, 0.15) is 10.1 Å². The van der Waals surface area contributed by atoms with Gasteiger partial charge in [0.05, 0.1) is 34.9 Å². The van der Waals surface area contributed by atoms with E-state index in [4.69, 9.17) is 9.47 Å². The molecule has 0 aliphatic carbocycles. The first-order chi connectivity index (χ1) is 16.8. The van der Waals surface area contributed by atoms with Gasteiger partial charge < -0.3 is 14.0 Å². The highest BCUT2D eigenvalue weighted by Gasteiger charge is 2.09. The first-order valence-corrected chi connectivity index (χ1v) is 12.1. The molecule has 0 amide bonds. The third kappa shape index (κ3) is 5.53. The number of hydrogen-bond acceptors (Lipinski definition) is 6. The summed E-state index contributed by atoms with van der Waals surface area (Å²) in [4.78, 5) is 12.6. The largest absolute Gasteiger partial charge is 0.744 e. The number of ether oxygens (including phenoxy) is 2. The minimum Gasteiger partial charge on any atom is -0.744 e. The number of nitrogens with one attached hydrogen (secondary N) is 1. The highest BCUT2D eigenvalue weighted by Crippen LogP contribution is 2.28. The first kappa shape index (κ1) is 24.1. The molecule has 0 bridgehead atoms. The first-order valence-electron chi connectivity index (χ1n) is 10.7. The summed E-state index contributed by atoms with van der Waals surface area (Å²) in [6, 6.07) is 20.4. The molecule has 0 atom stereocenters. The lowest BCUT2D eigenvalue weighted by Crippen LogP contribution is -2.33. The van der Waals surface area contributed by atoms with E-state index in [9.17, 15) is 17.8 Å². The predicted molar refractivity (Wildman–Crippen MR) is 131 cm³/mol. The molecule has 0 spiro atoms. The van der Waals surface area contributed by atoms with Gasteiger partial charge in [0.2, 0.25) is 0 Å². The molecule has 180 valence electrons. The molecule has 0 aliphatic rings. The van der Waals surface area contributed by atoms with Crippen LogP contribution in [0.4, 0.5) is 0 Å². The Morgan fingerprint density at radius 2 is 1.74 bits per heavy atom. The summed E-state index contributed by atoms with van der Waals surface area (Å²) in [5, 5.41) is 3.57. The molecule has 1 N–H and O–H groups in total. The van der Waals surface area contributed by atoms with Crippen LogP contribution in [0, 0.1) is 0 Å². The summed E-state index contributed by atoms with van der Waals surface area (Å²) in [5.41, 5.74) is 1.87. The van der Waals surface area contributed by atoms with Crippen LogP contribution in [0.2, 0.25) is 0 Å². The number of aromatic amines is 1. The van der Waals surface area contributed by atoms with Crippen LogP contribution in [0.15, 0.2) is 82.5 Å². The van der Waals surface area contributed by atoms with Crippen molar-refractivity contribution in [2.45, 2.75) is 11.3 Å². The molecule has 1 aromatic heterocycles. The zero-order valence-electron chi connectivity index (χ0n) is 18.9. The average Bonchev–Trinajstić information content (AvgIpc) is 3.13. The molecule has 8 nitrogen and oxygen atoms in total. The van der Waals surface area contributed by atoms with E-state index in [1.54, 1.807) is 25.3 Å². The Kier molecular flexibility index (Phi) is 6.90. The van der Waals surface area contributed by atoms with Crippen LogP contribution in [-0.4, -0.2) is 36.5 Å². The summed E-state index contributed by atoms with van der Waals surface area (Å²) in [6.45, 7) is 4.39. The Morgan fingerprint density at radius 3 is 2.40 bits per heavy atom. The second-order valence-corrected chi connectivity index (χ2v) is 9.11. The summed E-state index contributed by atoms with van der Waals surface area (Å²) in [5.74, 6) is 1.12. The fourth-order valence-corrected chi connectivity index (χ4v) is 4.04. The summed E-state index contributed by atoms with van der Waals surface area (Å²) in [6.07, 6.45) is 2.43. The van der Waals surface area contributed by atoms with Crippen LogP contribution < -0.4 is 25.6 Å². The zero-order chi connectivity index (χ0) is 25.0. The number of hydrogen-bond donors (Lipinski definition) is 1. The fraction of sp³-hybridized carbons (Fsp3) is 0.115. The van der Waals surface area contributed by atoms with E-state index in [2.05, 4.69) is 11.7 Å². The maximum Gasteiger partial charge on any atom is 0.279 e. The summed E-state index contributed by atoms with van der Waals surface area (Å²) >= 11 is 0. The average molecular weight is 492 g/mol. The molecule has 0 fully saturated rings. The number of H-pyrrole nitrogens is 1. The van der Waals surface area contributed by atoms with Crippen molar-refractivity contribution in [3.8, 4) is 17.2 Å². The Balaban J connectivity index is 1.59. The molecule has 3 aromatic carbocycles. The van der Waals surface area contributed by atoms with Crippen LogP contribution in [-0.2, 0) is 16.5 Å². The van der Waals surface area contributed by atoms with Gasteiger partial charge >= 0.3 is 0 Å². The number of benzene rings is 3. The monoisotopic (exact) mass is 491 g/mol. The fourth-order valence-electron chi connectivity index (χ4n) is 3.57. The molecule has 0 radical (unpaired) electrons. The number of aromatic nitrogens is 2. The lowest BCUT2D eigenvalue weighted by atomic mass is 10.1. The van der Waals surface area contributed by atoms with Gasteiger partial charge in [-0.2, -0.15) is 0 Å². The van der Waals surface area contributed by atoms with E-state index in [1.165, 1.54) is 22.4 Å². The van der Waals surface area contributed by atoms with Gasteiger partial charge in [-0.1, -0.05) is 43.0 Å². The van der Waals surface area contributed by atoms with Crippen molar-refractivity contribution in [1.29, 1.82) is 0 Å². The zero-order valence-corrected chi connectivity index (χ0v) is 19.7. The van der Waals surface area contributed by atoms with Crippen LogP contribution in [0.5, 0.6) is 11.5 Å². The van der Waals surface area contributed by atoms with E-state index in [-0.39, 0.29) is 10.5 Å². The molecule has 0 saturated carbocycles. The second kappa shape index (κ2) is 10.0. The van der Waals surface area contributed by atoms with Gasteiger partial charge in [-0.15, -0.1) is 0 Å². The van der Waals surface area contributed by atoms with Gasteiger partial charge in [-0.05, 0) is 53.6 Å². The summed E-state index contributed by atoms with van der Waals surface area (Å²) in [7, 11) is -3.03. The topological polar surface area (TPSA) is 113 Å². The molecule has 1 heterocycles. The van der Waals surface area contributed by atoms with Gasteiger partial charge in [0.15, 0.2) is 11.5 Å². The SMILES string of the molecule is C=c1[nH]n(-c2ccc(S(=O)(=O)[O-])cc2)c(=O)/c1=C\c1ccc(OCCc2ccccc2)c(OC)c1. The van der Waals surface area contributed by atoms with Gasteiger partial charge in [0, 0.05) is 6.42 Å². The van der Waals surface area contributed by atoms with E-state index in [0.29, 0.717) is 39.9 Å². The Hall–Kier alpha value is -4.08. The quantitative estimate of drug-likeness (QED) is 0.377. The molecule has 0 saturated heterocycles. The van der Waals surface area contributed by atoms with Crippen LogP contribution in [0.25, 0.3) is 18.3 Å². The molecular weight excluding hydrogens is 468 g/mol. The highest BCUT2D eigenvalue weighted by molar-refractivity contribution is 7.85. The molecule has 0 unspecified atom stereocenters. The molecule has 0 aliphatic heterocycles. The Morgan fingerprint density at radius 1 is 1.03 bits per heavy atom. The van der Waals surface area contributed by atoms with Crippen LogP contribution in [0.3, 0.4) is 0 Å². The van der Waals surface area contributed by atoms with Crippen molar-refractivity contribution in [3.05, 3.63) is 105 Å². The van der Waals surface area contributed by atoms with E-state index in [1.807, 2.05) is 36.4 Å². The van der Waals surface area contributed by atoms with Gasteiger partial charge in [-0.25, -0.2) is 13.1 Å². The van der Waals surface area contributed by atoms with Crippen molar-refractivity contribution in [2.24, 2.45) is 0 Å². The lowest BCUT2D eigenvalue weighted by molar-refractivity contribution is 0.297. The van der Waals surface area contributed by atoms with E-state index >= 15 is 0 Å². The Labute approximate surface area is 202 Å². The predicted octanol–water partition coefficient (Wildman–Crippen LogP) is 1.94. The van der Waals surface area contributed by atoms with Gasteiger partial charge in [-0.3, -0.25) is 9.89 Å². The van der Waals surface area contributed by atoms with Crippen LogP contribution >= 0.6 is 0 Å². The van der Waals surface area contributed by atoms with Crippen molar-refractivity contribution in [3.63, 3.8) is 0 Å². The minimum absolute atomic E-state index is 0.324. The second-order valence-electron chi connectivity index (χ2n) is 7.73. The van der Waals surface area contributed by atoms with Crippen molar-refractivity contribution >= 4 is 22.8 Å². The number of nitrogens with zero attached hydrogens (tertiary/aromatic N) is 1. The minimum atomic E-state index is -4.57.